The third kappa shape index (κ3) is 216. The molecule has 6 heteroatoms. The van der Waals surface area contributed by atoms with Crippen molar-refractivity contribution in [2.75, 3.05) is 0 Å². The van der Waals surface area contributed by atoms with Crippen LogP contribution >= 0.6 is 0 Å². The van der Waals surface area contributed by atoms with Gasteiger partial charge in [0, 0.05) is 61.2 Å². The lowest BCUT2D eigenvalue weighted by molar-refractivity contribution is 0.469. The topological polar surface area (TPSA) is 77.3 Å². The van der Waals surface area contributed by atoms with Crippen molar-refractivity contribution < 1.29 is 0 Å². The number of para-hydroxylation sites is 1. The van der Waals surface area contributed by atoms with Crippen LogP contribution in [-0.2, 0) is 0 Å². The van der Waals surface area contributed by atoms with E-state index in [-0.39, 0.29) is 0 Å². The van der Waals surface area contributed by atoms with Gasteiger partial charge in [-0.05, 0) is 95.3 Å². The van der Waals surface area contributed by atoms with E-state index in [1.807, 2.05) is 48.7 Å². The molecule has 7 rings (SSSR count). The summed E-state index contributed by atoms with van der Waals surface area (Å²) in [5, 5.41) is 3.82. The summed E-state index contributed by atoms with van der Waals surface area (Å²) in [5.74, 6) is 0. The number of aromatic nitrogens is 6. The Bertz CT molecular complexity index is 1850. The molecule has 6 nitrogen and oxygen atoms in total. The van der Waals surface area contributed by atoms with Gasteiger partial charge in [-0.2, -0.15) is 0 Å². The summed E-state index contributed by atoms with van der Waals surface area (Å²) >= 11 is 0. The number of hydrogen-bond acceptors (Lipinski definition) is 6. The maximum Gasteiger partial charge on any atom is 0.115 e. The monoisotopic (exact) mass is 1220 g/mol. The van der Waals surface area contributed by atoms with E-state index in [9.17, 15) is 0 Å². The number of benzene rings is 3. The van der Waals surface area contributed by atoms with Gasteiger partial charge in [0.05, 0.1) is 5.52 Å². The minimum absolute atomic E-state index is 0.500. The highest BCUT2D eigenvalue weighted by Gasteiger charge is 2.00. The molecule has 0 radical (unpaired) electrons. The number of hydrogen-bond donors (Lipinski definition) is 0. The molecule has 0 spiro atoms. The van der Waals surface area contributed by atoms with E-state index in [0.29, 0.717) is 54.1 Å². The third-order valence-electron chi connectivity index (χ3n) is 4.69. The van der Waals surface area contributed by atoms with Crippen molar-refractivity contribution in [2.24, 2.45) is 54.1 Å². The summed E-state index contributed by atoms with van der Waals surface area (Å²) in [7, 11) is 0. The first kappa shape index (κ1) is 98.9. The second-order valence-corrected chi connectivity index (χ2v) is 37.4. The SMILES string of the molecule is CC(C)(C)C.CC(C)(C)C.CC(C)(C)C.CC(C)(C)C.CC(C)(C)C.CC(C)(C)C.CC(C)(C)C.CC(C)(C)C.CC(C)(C)C.CC(C)(C)C.c1ccc2ccccc2c1.c1ccc2ncccc2c1.c1ccncc1.c1cnccn1.c1cncnc1. The quantitative estimate of drug-likeness (QED) is 0.151. The largest absolute Gasteiger partial charge is 0.265 e. The van der Waals surface area contributed by atoms with Gasteiger partial charge in [0.25, 0.3) is 0 Å². The Hall–Kier alpha value is -5.36. The van der Waals surface area contributed by atoms with Crippen LogP contribution in [0.5, 0.6) is 0 Å². The molecule has 0 saturated carbocycles. The normalized spacial score (nSPS) is 10.7. The molecule has 0 fully saturated rings. The number of nitrogens with zero attached hydrogens (tertiary/aromatic N) is 6. The zero-order valence-corrected chi connectivity index (χ0v) is 65.8. The van der Waals surface area contributed by atoms with Crippen LogP contribution in [0.2, 0.25) is 0 Å². The molecule has 3 aromatic carbocycles. The van der Waals surface area contributed by atoms with Crippen molar-refractivity contribution in [3.8, 4) is 0 Å². The minimum Gasteiger partial charge on any atom is -0.265 e. The van der Waals surface area contributed by atoms with Gasteiger partial charge in [-0.15, -0.1) is 0 Å². The van der Waals surface area contributed by atoms with Gasteiger partial charge in [0.2, 0.25) is 0 Å². The average molecular weight is 1220 g/mol. The Morgan fingerprint density at radius 3 is 0.523 bits per heavy atom. The smallest absolute Gasteiger partial charge is 0.115 e. The van der Waals surface area contributed by atoms with Crippen LogP contribution in [0.3, 0.4) is 0 Å². The van der Waals surface area contributed by atoms with Gasteiger partial charge < -0.3 is 0 Å². The van der Waals surface area contributed by atoms with E-state index in [1.54, 1.807) is 55.6 Å². The van der Waals surface area contributed by atoms with Crippen LogP contribution < -0.4 is 0 Å². The lowest BCUT2D eigenvalue weighted by Crippen LogP contribution is -1.93. The number of fused-ring (bicyclic) bond motifs is 2. The van der Waals surface area contributed by atoms with E-state index in [4.69, 9.17) is 0 Å². The Labute approximate surface area is 551 Å². The molecule has 7 aromatic rings. The molecular weight excluding hydrogens is 1070 g/mol. The van der Waals surface area contributed by atoms with Crippen molar-refractivity contribution in [1.82, 2.24) is 29.9 Å². The standard InChI is InChI=1S/C10H8.C9H7N.C5H5N.10C5H12.2C4H4N2/c1-2-6-10-8-4-3-7-9(10)5-1;1-2-6-9-8(4-1)5-3-7-10-9;1-2-4-6-5-3-1;10*1-5(2,3)4;1-2-6-4-3-5-1;1-2-5-4-6-3-1/h1-8H;1-7H;1-5H;10*1-4H3;2*1-4H. The first-order valence-electron chi connectivity index (χ1n) is 31.9. The molecule has 4 aromatic heterocycles. The van der Waals surface area contributed by atoms with Crippen LogP contribution in [0.15, 0.2) is 171 Å². The second kappa shape index (κ2) is 52.4. The van der Waals surface area contributed by atoms with Crippen LogP contribution in [0.1, 0.15) is 277 Å². The molecule has 506 valence electrons. The van der Waals surface area contributed by atoms with Crippen molar-refractivity contribution in [1.29, 1.82) is 0 Å². The van der Waals surface area contributed by atoms with Crippen LogP contribution in [0.4, 0.5) is 0 Å². The Morgan fingerprint density at radius 2 is 0.364 bits per heavy atom. The molecule has 0 saturated heterocycles. The molecule has 0 aliphatic heterocycles. The summed E-state index contributed by atoms with van der Waals surface area (Å²) in [5.41, 5.74) is 6.06. The van der Waals surface area contributed by atoms with E-state index in [1.165, 1.54) is 22.5 Å². The zero-order valence-electron chi connectivity index (χ0n) is 65.8. The van der Waals surface area contributed by atoms with Crippen molar-refractivity contribution >= 4 is 21.7 Å². The predicted octanol–water partition coefficient (Wildman–Crippen LogP) is 27.6. The Morgan fingerprint density at radius 1 is 0.170 bits per heavy atom. The highest BCUT2D eigenvalue weighted by Crippen LogP contribution is 2.14. The van der Waals surface area contributed by atoms with Gasteiger partial charge in [-0.3, -0.25) is 19.9 Å². The average Bonchev–Trinajstić information content (AvgIpc) is 3.29. The summed E-state index contributed by atoms with van der Waals surface area (Å²) in [6.45, 7) is 87.5. The zero-order chi connectivity index (χ0) is 71.4. The molecule has 0 N–H and O–H groups in total. The molecule has 0 amide bonds. The number of pyridine rings is 2. The molecule has 0 atom stereocenters. The first-order valence-corrected chi connectivity index (χ1v) is 31.9. The second-order valence-electron chi connectivity index (χ2n) is 37.4. The Balaban J connectivity index is -0.000000131. The van der Waals surface area contributed by atoms with Crippen LogP contribution in [0.25, 0.3) is 21.7 Å². The van der Waals surface area contributed by atoms with Gasteiger partial charge in [-0.1, -0.05) is 356 Å². The van der Waals surface area contributed by atoms with Gasteiger partial charge in [-0.25, -0.2) is 9.97 Å². The predicted molar refractivity (Wildman–Crippen MR) is 405 cm³/mol. The van der Waals surface area contributed by atoms with Crippen molar-refractivity contribution in [2.45, 2.75) is 277 Å². The van der Waals surface area contributed by atoms with Crippen molar-refractivity contribution in [3.05, 3.63) is 171 Å². The van der Waals surface area contributed by atoms with Gasteiger partial charge >= 0.3 is 0 Å². The molecule has 0 bridgehead atoms. The molecular formula is C82H148N6. The van der Waals surface area contributed by atoms with Crippen LogP contribution in [-0.4, -0.2) is 29.9 Å². The van der Waals surface area contributed by atoms with Crippen molar-refractivity contribution in [3.63, 3.8) is 0 Å². The van der Waals surface area contributed by atoms with E-state index >= 15 is 0 Å². The highest BCUT2D eigenvalue weighted by molar-refractivity contribution is 5.82. The molecule has 0 aliphatic carbocycles. The van der Waals surface area contributed by atoms with Crippen LogP contribution in [0, 0.1) is 54.1 Å². The fourth-order valence-electron chi connectivity index (χ4n) is 2.97. The maximum absolute atomic E-state index is 4.18. The molecule has 4 heterocycles. The van der Waals surface area contributed by atoms with E-state index in [2.05, 4.69) is 368 Å². The summed E-state index contributed by atoms with van der Waals surface area (Å²) in [4.78, 5) is 22.8. The maximum atomic E-state index is 4.18. The fraction of sp³-hybridized carbons (Fsp3) is 0.610. The lowest BCUT2D eigenvalue weighted by Gasteiger charge is -2.05. The molecule has 88 heavy (non-hydrogen) atoms. The Kier molecular flexibility index (Phi) is 58.9. The highest BCUT2D eigenvalue weighted by atomic mass is 14.8. The fourth-order valence-corrected chi connectivity index (χ4v) is 2.97. The van der Waals surface area contributed by atoms with Gasteiger partial charge in [0.15, 0.2) is 0 Å². The summed E-state index contributed by atoms with van der Waals surface area (Å²) in [6, 6.07) is 36.3. The lowest BCUT2D eigenvalue weighted by atomic mass is 10.0. The van der Waals surface area contributed by atoms with Gasteiger partial charge in [0.1, 0.15) is 6.33 Å². The summed E-state index contributed by atoms with van der Waals surface area (Å²) in [6.07, 6.45) is 16.7. The first-order chi connectivity index (χ1) is 38.9. The minimum atomic E-state index is 0.500. The van der Waals surface area contributed by atoms with E-state index in [0.717, 1.165) is 5.52 Å². The third-order valence-corrected chi connectivity index (χ3v) is 4.69. The summed E-state index contributed by atoms with van der Waals surface area (Å²) < 4.78 is 0. The van der Waals surface area contributed by atoms with E-state index < -0.39 is 0 Å². The number of rotatable bonds is 0. The molecule has 0 unspecified atom stereocenters. The molecule has 0 aliphatic rings.